The maximum absolute atomic E-state index is 12.2. The van der Waals surface area contributed by atoms with Crippen molar-refractivity contribution in [3.05, 3.63) is 32.0 Å². The molecule has 2 aromatic heterocycles. The molecule has 0 saturated heterocycles. The summed E-state index contributed by atoms with van der Waals surface area (Å²) < 4.78 is 4.95. The second-order valence-electron chi connectivity index (χ2n) is 4.44. The minimum Gasteiger partial charge on any atom is -0.462 e. The highest BCUT2D eigenvalue weighted by Crippen LogP contribution is 2.26. The Morgan fingerprint density at radius 3 is 2.62 bits per heavy atom. The van der Waals surface area contributed by atoms with Gasteiger partial charge in [0.15, 0.2) is 5.13 Å². The van der Waals surface area contributed by atoms with E-state index >= 15 is 0 Å². The van der Waals surface area contributed by atoms with E-state index in [4.69, 9.17) is 4.74 Å². The molecule has 5 nitrogen and oxygen atoms in total. The first-order chi connectivity index (χ1) is 9.93. The molecule has 1 N–H and O–H groups in total. The van der Waals surface area contributed by atoms with Crippen LogP contribution in [0, 0.1) is 20.8 Å². The second kappa shape index (κ2) is 6.36. The van der Waals surface area contributed by atoms with Gasteiger partial charge in [0.1, 0.15) is 4.88 Å². The normalized spacial score (nSPS) is 10.5. The van der Waals surface area contributed by atoms with Crippen molar-refractivity contribution >= 4 is 39.7 Å². The number of nitrogens with one attached hydrogen (secondary N) is 1. The van der Waals surface area contributed by atoms with Gasteiger partial charge in [-0.2, -0.15) is 0 Å². The highest BCUT2D eigenvalue weighted by atomic mass is 32.1. The van der Waals surface area contributed by atoms with Crippen LogP contribution in [-0.2, 0) is 4.74 Å². The fourth-order valence-electron chi connectivity index (χ4n) is 1.74. The first kappa shape index (κ1) is 15.7. The van der Waals surface area contributed by atoms with Crippen LogP contribution in [0.15, 0.2) is 5.38 Å². The molecule has 0 spiro atoms. The third kappa shape index (κ3) is 3.30. The molecule has 112 valence electrons. The van der Waals surface area contributed by atoms with Crippen LogP contribution in [0.4, 0.5) is 5.13 Å². The zero-order valence-electron chi connectivity index (χ0n) is 12.3. The van der Waals surface area contributed by atoms with Gasteiger partial charge in [-0.1, -0.05) is 11.3 Å². The molecule has 7 heteroatoms. The Morgan fingerprint density at radius 2 is 2.05 bits per heavy atom. The molecule has 0 atom stereocenters. The molecule has 0 aliphatic rings. The number of carbonyl (C=O) groups excluding carboxylic acids is 2. The summed E-state index contributed by atoms with van der Waals surface area (Å²) in [6.07, 6.45) is 0. The first-order valence-corrected chi connectivity index (χ1v) is 8.14. The average molecular weight is 324 g/mol. The van der Waals surface area contributed by atoms with Gasteiger partial charge in [-0.05, 0) is 33.3 Å². The molecule has 21 heavy (non-hydrogen) atoms. The van der Waals surface area contributed by atoms with E-state index in [1.165, 1.54) is 11.3 Å². The quantitative estimate of drug-likeness (QED) is 0.873. The van der Waals surface area contributed by atoms with Crippen molar-refractivity contribution in [2.75, 3.05) is 11.9 Å². The summed E-state index contributed by atoms with van der Waals surface area (Å²) in [5.74, 6) is -0.614. The number of ether oxygens (including phenoxy) is 1. The Kier molecular flexibility index (Phi) is 4.74. The summed E-state index contributed by atoms with van der Waals surface area (Å²) in [5.41, 5.74) is 2.17. The lowest BCUT2D eigenvalue weighted by atomic mass is 10.2. The van der Waals surface area contributed by atoms with Gasteiger partial charge in [-0.15, -0.1) is 11.3 Å². The van der Waals surface area contributed by atoms with Crippen molar-refractivity contribution in [2.24, 2.45) is 0 Å². The van der Waals surface area contributed by atoms with Crippen molar-refractivity contribution in [1.82, 2.24) is 4.98 Å². The lowest BCUT2D eigenvalue weighted by Gasteiger charge is -2.01. The Bertz CT molecular complexity index is 688. The summed E-state index contributed by atoms with van der Waals surface area (Å²) in [7, 11) is 0. The van der Waals surface area contributed by atoms with Gasteiger partial charge in [0.25, 0.3) is 5.91 Å². The number of aromatic nitrogens is 1. The summed E-state index contributed by atoms with van der Waals surface area (Å²) in [6, 6.07) is 0. The highest BCUT2D eigenvalue weighted by molar-refractivity contribution is 7.17. The van der Waals surface area contributed by atoms with E-state index in [0.717, 1.165) is 21.8 Å². The number of amides is 1. The van der Waals surface area contributed by atoms with E-state index in [1.807, 2.05) is 19.2 Å². The molecule has 1 amide bonds. The topological polar surface area (TPSA) is 68.3 Å². The molecule has 2 aromatic rings. The van der Waals surface area contributed by atoms with Gasteiger partial charge in [0, 0.05) is 10.3 Å². The maximum Gasteiger partial charge on any atom is 0.350 e. The third-order valence-corrected chi connectivity index (χ3v) is 5.07. The van der Waals surface area contributed by atoms with Gasteiger partial charge < -0.3 is 4.74 Å². The number of rotatable bonds is 4. The predicted octanol–water partition coefficient (Wildman–Crippen LogP) is 3.56. The zero-order chi connectivity index (χ0) is 15.6. The van der Waals surface area contributed by atoms with E-state index in [9.17, 15) is 9.59 Å². The maximum atomic E-state index is 12.2. The molecular weight excluding hydrogens is 308 g/mol. The van der Waals surface area contributed by atoms with E-state index in [2.05, 4.69) is 10.3 Å². The van der Waals surface area contributed by atoms with Crippen LogP contribution in [0.5, 0.6) is 0 Å². The zero-order valence-corrected chi connectivity index (χ0v) is 13.9. The lowest BCUT2D eigenvalue weighted by molar-refractivity contribution is 0.0531. The molecule has 0 radical (unpaired) electrons. The minimum absolute atomic E-state index is 0.207. The number of nitrogens with zero attached hydrogens (tertiary/aromatic N) is 1. The van der Waals surface area contributed by atoms with Crippen molar-refractivity contribution < 1.29 is 14.3 Å². The summed E-state index contributed by atoms with van der Waals surface area (Å²) in [6.45, 7) is 7.67. The minimum atomic E-state index is -0.407. The lowest BCUT2D eigenvalue weighted by Crippen LogP contribution is -2.12. The van der Waals surface area contributed by atoms with Crippen molar-refractivity contribution in [2.45, 2.75) is 27.7 Å². The van der Waals surface area contributed by atoms with Gasteiger partial charge >= 0.3 is 5.97 Å². The molecule has 2 heterocycles. The molecule has 0 aromatic carbocycles. The van der Waals surface area contributed by atoms with Crippen LogP contribution < -0.4 is 5.32 Å². The van der Waals surface area contributed by atoms with Crippen molar-refractivity contribution in [1.29, 1.82) is 0 Å². The van der Waals surface area contributed by atoms with E-state index in [1.54, 1.807) is 13.8 Å². The van der Waals surface area contributed by atoms with Gasteiger partial charge in [-0.25, -0.2) is 9.78 Å². The third-order valence-electron chi connectivity index (χ3n) is 3.01. The number of thiazole rings is 1. The summed E-state index contributed by atoms with van der Waals surface area (Å²) in [5, 5.41) is 4.97. The number of carbonyl (C=O) groups is 2. The molecule has 0 unspecified atom stereocenters. The Labute approximate surface area is 131 Å². The monoisotopic (exact) mass is 324 g/mol. The molecule has 0 fully saturated rings. The molecule has 2 rings (SSSR count). The van der Waals surface area contributed by atoms with E-state index in [0.29, 0.717) is 27.9 Å². The van der Waals surface area contributed by atoms with Crippen molar-refractivity contribution in [3.63, 3.8) is 0 Å². The van der Waals surface area contributed by atoms with Crippen LogP contribution in [0.25, 0.3) is 0 Å². The van der Waals surface area contributed by atoms with E-state index in [-0.39, 0.29) is 5.91 Å². The summed E-state index contributed by atoms with van der Waals surface area (Å²) >= 11 is 2.67. The predicted molar refractivity (Wildman–Crippen MR) is 84.6 cm³/mol. The Morgan fingerprint density at radius 1 is 1.33 bits per heavy atom. The van der Waals surface area contributed by atoms with Crippen LogP contribution in [-0.4, -0.2) is 23.5 Å². The number of hydrogen-bond acceptors (Lipinski definition) is 6. The van der Waals surface area contributed by atoms with Crippen molar-refractivity contribution in [3.8, 4) is 0 Å². The molecule has 0 aliphatic heterocycles. The van der Waals surface area contributed by atoms with Crippen LogP contribution >= 0.6 is 22.7 Å². The fraction of sp³-hybridized carbons (Fsp3) is 0.357. The fourth-order valence-corrected chi connectivity index (χ4v) is 3.46. The van der Waals surface area contributed by atoms with Crippen LogP contribution in [0.3, 0.4) is 0 Å². The van der Waals surface area contributed by atoms with E-state index < -0.39 is 5.97 Å². The Balaban J connectivity index is 2.17. The second-order valence-corrected chi connectivity index (χ2v) is 6.52. The van der Waals surface area contributed by atoms with Gasteiger partial charge in [0.2, 0.25) is 0 Å². The van der Waals surface area contributed by atoms with Gasteiger partial charge in [0.05, 0.1) is 17.9 Å². The van der Waals surface area contributed by atoms with Gasteiger partial charge in [-0.3, -0.25) is 10.1 Å². The standard InChI is InChI=1S/C14H16N2O3S2/c1-5-19-13(18)11-8(3)15-14(21-11)16-12(17)10-6-20-9(4)7(10)2/h6H,5H2,1-4H3,(H,15,16,17). The molecule has 0 bridgehead atoms. The van der Waals surface area contributed by atoms with Crippen LogP contribution in [0.1, 0.15) is 43.1 Å². The largest absolute Gasteiger partial charge is 0.462 e. The first-order valence-electron chi connectivity index (χ1n) is 6.44. The smallest absolute Gasteiger partial charge is 0.350 e. The number of thiophene rings is 1. The highest BCUT2D eigenvalue weighted by Gasteiger charge is 2.19. The number of aryl methyl sites for hydroxylation is 2. The molecule has 0 aliphatic carbocycles. The number of hydrogen-bond donors (Lipinski definition) is 1. The molecular formula is C14H16N2O3S2. The SMILES string of the molecule is CCOC(=O)c1sc(NC(=O)c2csc(C)c2C)nc1C. The molecule has 0 saturated carbocycles. The average Bonchev–Trinajstić information content (AvgIpc) is 2.94. The number of esters is 1. The summed E-state index contributed by atoms with van der Waals surface area (Å²) in [4.78, 5) is 29.7. The number of anilines is 1. The van der Waals surface area contributed by atoms with Crippen LogP contribution in [0.2, 0.25) is 0 Å². The Hall–Kier alpha value is -1.73.